The van der Waals surface area contributed by atoms with Crippen LogP contribution in [0.1, 0.15) is 20.3 Å². The lowest BCUT2D eigenvalue weighted by Gasteiger charge is -2.17. The molecule has 1 atom stereocenters. The van der Waals surface area contributed by atoms with Gasteiger partial charge in [0.15, 0.2) is 0 Å². The van der Waals surface area contributed by atoms with Crippen LogP contribution in [-0.4, -0.2) is 0 Å². The SMILES string of the molecule is CC(C)[C@H]1C=CC(N)=CC1. The second-order valence-corrected chi connectivity index (χ2v) is 3.21. The Morgan fingerprint density at radius 1 is 1.60 bits per heavy atom. The van der Waals surface area contributed by atoms with Crippen molar-refractivity contribution in [3.63, 3.8) is 0 Å². The molecule has 1 aliphatic rings. The maximum absolute atomic E-state index is 5.57. The Bertz CT molecular complexity index is 166. The van der Waals surface area contributed by atoms with Crippen molar-refractivity contribution in [1.29, 1.82) is 0 Å². The van der Waals surface area contributed by atoms with E-state index in [1.807, 2.05) is 6.08 Å². The molecule has 56 valence electrons. The summed E-state index contributed by atoms with van der Waals surface area (Å²) in [5.41, 5.74) is 6.49. The molecule has 1 heteroatoms. The summed E-state index contributed by atoms with van der Waals surface area (Å²) in [6.45, 7) is 4.48. The fourth-order valence-electron chi connectivity index (χ4n) is 1.15. The molecule has 0 aromatic rings. The topological polar surface area (TPSA) is 26.0 Å². The average molecular weight is 137 g/mol. The van der Waals surface area contributed by atoms with E-state index >= 15 is 0 Å². The fraction of sp³-hybridized carbons (Fsp3) is 0.556. The van der Waals surface area contributed by atoms with Crippen LogP contribution in [0.25, 0.3) is 0 Å². The van der Waals surface area contributed by atoms with Crippen molar-refractivity contribution in [3.8, 4) is 0 Å². The standard InChI is InChI=1S/C9H15N/c1-7(2)8-3-5-9(10)6-4-8/h3,5-8H,4,10H2,1-2H3/t8-/m0/s1. The van der Waals surface area contributed by atoms with Crippen LogP contribution in [0.2, 0.25) is 0 Å². The largest absolute Gasteiger partial charge is 0.399 e. The summed E-state index contributed by atoms with van der Waals surface area (Å²) in [6.07, 6.45) is 7.43. The van der Waals surface area contributed by atoms with E-state index in [-0.39, 0.29) is 0 Å². The summed E-state index contributed by atoms with van der Waals surface area (Å²) in [5.74, 6) is 1.44. The normalized spacial score (nSPS) is 25.1. The molecule has 0 saturated heterocycles. The van der Waals surface area contributed by atoms with E-state index in [0.29, 0.717) is 5.92 Å². The molecule has 0 heterocycles. The lowest BCUT2D eigenvalue weighted by Crippen LogP contribution is -2.09. The van der Waals surface area contributed by atoms with Gasteiger partial charge in [-0.1, -0.05) is 26.0 Å². The Morgan fingerprint density at radius 3 is 2.70 bits per heavy atom. The fourth-order valence-corrected chi connectivity index (χ4v) is 1.15. The summed E-state index contributed by atoms with van der Waals surface area (Å²) >= 11 is 0. The van der Waals surface area contributed by atoms with Crippen molar-refractivity contribution < 1.29 is 0 Å². The molecule has 0 unspecified atom stereocenters. The predicted molar refractivity (Wildman–Crippen MR) is 44.4 cm³/mol. The summed E-state index contributed by atoms with van der Waals surface area (Å²) in [6, 6.07) is 0. The maximum Gasteiger partial charge on any atom is 0.0270 e. The van der Waals surface area contributed by atoms with Crippen molar-refractivity contribution in [2.24, 2.45) is 17.6 Å². The second kappa shape index (κ2) is 2.91. The molecule has 0 spiro atoms. The first-order valence-corrected chi connectivity index (χ1v) is 3.84. The molecule has 0 radical (unpaired) electrons. The van der Waals surface area contributed by atoms with Gasteiger partial charge in [-0.3, -0.25) is 0 Å². The third-order valence-corrected chi connectivity index (χ3v) is 2.02. The van der Waals surface area contributed by atoms with Gasteiger partial charge < -0.3 is 5.73 Å². The van der Waals surface area contributed by atoms with Gasteiger partial charge in [0.2, 0.25) is 0 Å². The van der Waals surface area contributed by atoms with Gasteiger partial charge in [0.1, 0.15) is 0 Å². The Balaban J connectivity index is 2.52. The van der Waals surface area contributed by atoms with Crippen LogP contribution in [0, 0.1) is 11.8 Å². The lowest BCUT2D eigenvalue weighted by molar-refractivity contribution is 0.466. The van der Waals surface area contributed by atoms with Gasteiger partial charge in [-0.25, -0.2) is 0 Å². The smallest absolute Gasteiger partial charge is 0.0270 e. The molecule has 0 saturated carbocycles. The molecular formula is C9H15N. The van der Waals surface area contributed by atoms with E-state index in [1.165, 1.54) is 0 Å². The van der Waals surface area contributed by atoms with Crippen molar-refractivity contribution >= 4 is 0 Å². The second-order valence-electron chi connectivity index (χ2n) is 3.21. The zero-order chi connectivity index (χ0) is 7.56. The van der Waals surface area contributed by atoms with Crippen LogP contribution in [0.5, 0.6) is 0 Å². The number of hydrogen-bond donors (Lipinski definition) is 1. The van der Waals surface area contributed by atoms with E-state index in [4.69, 9.17) is 5.73 Å². The average Bonchev–Trinajstić information content (AvgIpc) is 1.88. The molecule has 0 fully saturated rings. The van der Waals surface area contributed by atoms with E-state index in [9.17, 15) is 0 Å². The monoisotopic (exact) mass is 137 g/mol. The molecule has 0 amide bonds. The highest BCUT2D eigenvalue weighted by molar-refractivity contribution is 5.20. The van der Waals surface area contributed by atoms with Gasteiger partial charge in [-0.15, -0.1) is 0 Å². The number of rotatable bonds is 1. The number of nitrogens with two attached hydrogens (primary N) is 1. The van der Waals surface area contributed by atoms with Crippen LogP contribution in [-0.2, 0) is 0 Å². The van der Waals surface area contributed by atoms with Crippen LogP contribution >= 0.6 is 0 Å². The highest BCUT2D eigenvalue weighted by Gasteiger charge is 2.10. The van der Waals surface area contributed by atoms with Crippen molar-refractivity contribution in [3.05, 3.63) is 23.9 Å². The molecule has 10 heavy (non-hydrogen) atoms. The minimum absolute atomic E-state index is 0.701. The Kier molecular flexibility index (Phi) is 2.15. The van der Waals surface area contributed by atoms with E-state index in [2.05, 4.69) is 26.0 Å². The molecule has 0 aromatic carbocycles. The van der Waals surface area contributed by atoms with E-state index < -0.39 is 0 Å². The van der Waals surface area contributed by atoms with E-state index in [1.54, 1.807) is 0 Å². The Labute approximate surface area is 62.6 Å². The van der Waals surface area contributed by atoms with Gasteiger partial charge >= 0.3 is 0 Å². The predicted octanol–water partition coefficient (Wildman–Crippen LogP) is 2.06. The summed E-state index contributed by atoms with van der Waals surface area (Å²) in [4.78, 5) is 0. The van der Waals surface area contributed by atoms with Gasteiger partial charge in [0.25, 0.3) is 0 Å². The Hall–Kier alpha value is -0.720. The van der Waals surface area contributed by atoms with Gasteiger partial charge in [0.05, 0.1) is 0 Å². The van der Waals surface area contributed by atoms with Gasteiger partial charge in [-0.05, 0) is 24.3 Å². The lowest BCUT2D eigenvalue weighted by atomic mass is 9.89. The molecule has 2 N–H and O–H groups in total. The minimum Gasteiger partial charge on any atom is -0.399 e. The quantitative estimate of drug-likeness (QED) is 0.588. The molecule has 1 nitrogen and oxygen atoms in total. The third kappa shape index (κ3) is 1.63. The van der Waals surface area contributed by atoms with Crippen molar-refractivity contribution in [2.45, 2.75) is 20.3 Å². The summed E-state index contributed by atoms with van der Waals surface area (Å²) in [5, 5.41) is 0. The van der Waals surface area contributed by atoms with Crippen LogP contribution in [0.15, 0.2) is 23.9 Å². The molecule has 1 aliphatic carbocycles. The first-order chi connectivity index (χ1) is 4.70. The Morgan fingerprint density at radius 2 is 2.30 bits per heavy atom. The molecule has 0 aliphatic heterocycles. The van der Waals surface area contributed by atoms with Crippen molar-refractivity contribution in [2.75, 3.05) is 0 Å². The van der Waals surface area contributed by atoms with E-state index in [0.717, 1.165) is 18.0 Å². The van der Waals surface area contributed by atoms with Crippen LogP contribution in [0.3, 0.4) is 0 Å². The number of allylic oxidation sites excluding steroid dienone is 3. The van der Waals surface area contributed by atoms with Gasteiger partial charge in [-0.2, -0.15) is 0 Å². The highest BCUT2D eigenvalue weighted by atomic mass is 14.6. The molecule has 0 bridgehead atoms. The van der Waals surface area contributed by atoms with Crippen LogP contribution in [0.4, 0.5) is 0 Å². The molecule has 1 rings (SSSR count). The van der Waals surface area contributed by atoms with Crippen molar-refractivity contribution in [1.82, 2.24) is 0 Å². The maximum atomic E-state index is 5.57. The highest BCUT2D eigenvalue weighted by Crippen LogP contribution is 2.21. The third-order valence-electron chi connectivity index (χ3n) is 2.02. The molecular weight excluding hydrogens is 122 g/mol. The van der Waals surface area contributed by atoms with Crippen LogP contribution < -0.4 is 5.73 Å². The summed E-state index contributed by atoms with van der Waals surface area (Å²) < 4.78 is 0. The first-order valence-electron chi connectivity index (χ1n) is 3.84. The zero-order valence-corrected chi connectivity index (χ0v) is 6.67. The minimum atomic E-state index is 0.701. The first kappa shape index (κ1) is 7.39. The number of hydrogen-bond acceptors (Lipinski definition) is 1. The summed E-state index contributed by atoms with van der Waals surface area (Å²) in [7, 11) is 0. The molecule has 0 aromatic heterocycles. The van der Waals surface area contributed by atoms with Gasteiger partial charge in [0, 0.05) is 5.70 Å². The zero-order valence-electron chi connectivity index (χ0n) is 6.67.